The Morgan fingerprint density at radius 3 is 1.18 bits per heavy atom. The van der Waals surface area contributed by atoms with Gasteiger partial charge in [-0.3, -0.25) is 4.79 Å². The van der Waals surface area contributed by atoms with E-state index in [2.05, 4.69) is 43.5 Å². The molecule has 0 aromatic carbocycles. The second-order valence-electron chi connectivity index (χ2n) is 14.9. The number of allylic oxidation sites excluding steroid dienone is 4. The molecule has 0 saturated heterocycles. The molecule has 0 aliphatic heterocycles. The van der Waals surface area contributed by atoms with Crippen LogP contribution in [0.1, 0.15) is 226 Å². The largest absolute Gasteiger partial charge is 0.394 e. The third-order valence-electron chi connectivity index (χ3n) is 10.0. The highest BCUT2D eigenvalue weighted by atomic mass is 16.3. The quantitative estimate of drug-likeness (QED) is 0.0381. The first-order valence-electron chi connectivity index (χ1n) is 21.6. The summed E-state index contributed by atoms with van der Waals surface area (Å²) in [5.74, 6) is -0.158. The van der Waals surface area contributed by atoms with E-state index in [-0.39, 0.29) is 12.5 Å². The van der Waals surface area contributed by atoms with Crippen molar-refractivity contribution in [3.05, 3.63) is 24.3 Å². The van der Waals surface area contributed by atoms with Gasteiger partial charge in [0.2, 0.25) is 5.91 Å². The fraction of sp³-hybridized carbons (Fsp3) is 0.886. The molecule has 0 radical (unpaired) electrons. The minimum atomic E-state index is -1.16. The summed E-state index contributed by atoms with van der Waals surface area (Å²) in [7, 11) is 0. The fourth-order valence-electron chi connectivity index (χ4n) is 6.63. The van der Waals surface area contributed by atoms with E-state index >= 15 is 0 Å². The summed E-state index contributed by atoms with van der Waals surface area (Å²) in [6, 6.07) is -0.825. The maximum absolute atomic E-state index is 12.4. The lowest BCUT2D eigenvalue weighted by Crippen LogP contribution is -2.50. The van der Waals surface area contributed by atoms with Crippen molar-refractivity contribution >= 4 is 5.91 Å². The van der Waals surface area contributed by atoms with E-state index < -0.39 is 18.2 Å². The molecule has 4 N–H and O–H groups in total. The molecule has 1 amide bonds. The molecule has 0 saturated carbocycles. The number of nitrogens with one attached hydrogen (secondary N) is 1. The summed E-state index contributed by atoms with van der Waals surface area (Å²) in [6.45, 7) is 4.17. The number of carbonyl (C=O) groups is 1. The van der Waals surface area contributed by atoms with Crippen molar-refractivity contribution < 1.29 is 20.1 Å². The molecule has 0 heterocycles. The highest BCUT2D eigenvalue weighted by molar-refractivity contribution is 5.76. The molecule has 0 fully saturated rings. The first kappa shape index (κ1) is 47.8. The van der Waals surface area contributed by atoms with Gasteiger partial charge in [-0.1, -0.05) is 179 Å². The van der Waals surface area contributed by atoms with E-state index in [1.807, 2.05) is 0 Å². The molecule has 0 aromatic heterocycles. The molecular formula is C44H85NO4. The number of aliphatic hydroxyl groups excluding tert-OH is 3. The predicted octanol–water partition coefficient (Wildman–Crippen LogP) is 12.2. The number of hydrogen-bond acceptors (Lipinski definition) is 4. The van der Waals surface area contributed by atoms with Gasteiger partial charge in [0.15, 0.2) is 0 Å². The SMILES string of the molecule is CCCCCCCCCC/C=C\CCCCCCCCCC(=O)NC(CO)C(O)C(O)CCC/C=C/CCCCCCCCCCCCC. The van der Waals surface area contributed by atoms with Gasteiger partial charge in [-0.05, 0) is 64.2 Å². The number of carbonyl (C=O) groups excluding carboxylic acids is 1. The van der Waals surface area contributed by atoms with Gasteiger partial charge in [0.05, 0.1) is 18.8 Å². The summed E-state index contributed by atoms with van der Waals surface area (Å²) in [6.07, 6.45) is 47.1. The van der Waals surface area contributed by atoms with Crippen LogP contribution in [0, 0.1) is 0 Å². The number of rotatable bonds is 39. The normalized spacial score (nSPS) is 13.8. The Morgan fingerprint density at radius 1 is 0.490 bits per heavy atom. The van der Waals surface area contributed by atoms with E-state index in [1.54, 1.807) is 0 Å². The zero-order valence-corrected chi connectivity index (χ0v) is 32.8. The van der Waals surface area contributed by atoms with Gasteiger partial charge in [0.25, 0.3) is 0 Å². The molecule has 3 unspecified atom stereocenters. The highest BCUT2D eigenvalue weighted by Crippen LogP contribution is 2.15. The molecule has 5 nitrogen and oxygen atoms in total. The molecule has 290 valence electrons. The van der Waals surface area contributed by atoms with Crippen LogP contribution in [0.5, 0.6) is 0 Å². The Bertz CT molecular complexity index is 724. The standard InChI is InChI=1S/C44H85NO4/c1-3-5-7-9-11-13-15-17-19-21-22-23-25-27-29-31-33-35-37-39-43(48)45-41(40-46)44(49)42(47)38-36-34-32-30-28-26-24-20-18-16-14-12-10-8-6-4-2/h21-22,30,32,41-42,44,46-47,49H,3-20,23-29,31,33-40H2,1-2H3,(H,45,48)/b22-21-,32-30+. The van der Waals surface area contributed by atoms with Crippen molar-refractivity contribution in [3.63, 3.8) is 0 Å². The third-order valence-corrected chi connectivity index (χ3v) is 10.0. The van der Waals surface area contributed by atoms with Crippen LogP contribution in [-0.2, 0) is 4.79 Å². The Labute approximate surface area is 305 Å². The molecule has 0 spiro atoms. The summed E-state index contributed by atoms with van der Waals surface area (Å²) < 4.78 is 0. The van der Waals surface area contributed by atoms with E-state index in [0.717, 1.165) is 38.5 Å². The van der Waals surface area contributed by atoms with Crippen LogP contribution in [0.25, 0.3) is 0 Å². The zero-order chi connectivity index (χ0) is 35.9. The zero-order valence-electron chi connectivity index (χ0n) is 32.8. The molecular weight excluding hydrogens is 606 g/mol. The van der Waals surface area contributed by atoms with Crippen molar-refractivity contribution in [1.82, 2.24) is 5.32 Å². The summed E-state index contributed by atoms with van der Waals surface area (Å²) in [5.41, 5.74) is 0. The van der Waals surface area contributed by atoms with E-state index in [4.69, 9.17) is 0 Å². The van der Waals surface area contributed by atoms with Gasteiger partial charge >= 0.3 is 0 Å². The van der Waals surface area contributed by atoms with Crippen LogP contribution in [0.2, 0.25) is 0 Å². The van der Waals surface area contributed by atoms with E-state index in [1.165, 1.54) is 161 Å². The average Bonchev–Trinajstić information content (AvgIpc) is 3.10. The smallest absolute Gasteiger partial charge is 0.220 e. The van der Waals surface area contributed by atoms with Crippen molar-refractivity contribution in [2.24, 2.45) is 0 Å². The molecule has 0 aromatic rings. The second kappa shape index (κ2) is 39.6. The molecule has 0 rings (SSSR count). The van der Waals surface area contributed by atoms with Gasteiger partial charge in [-0.25, -0.2) is 0 Å². The van der Waals surface area contributed by atoms with E-state index in [9.17, 15) is 20.1 Å². The number of aliphatic hydroxyl groups is 3. The molecule has 0 aliphatic rings. The number of hydrogen-bond donors (Lipinski definition) is 4. The maximum atomic E-state index is 12.4. The number of unbranched alkanes of at least 4 members (excludes halogenated alkanes) is 27. The summed E-state index contributed by atoms with van der Waals surface area (Å²) >= 11 is 0. The third kappa shape index (κ3) is 35.0. The van der Waals surface area contributed by atoms with Gasteiger partial charge in [0.1, 0.15) is 6.10 Å². The number of amides is 1. The monoisotopic (exact) mass is 692 g/mol. The van der Waals surface area contributed by atoms with Crippen molar-refractivity contribution in [2.45, 2.75) is 244 Å². The van der Waals surface area contributed by atoms with Gasteiger partial charge in [-0.2, -0.15) is 0 Å². The molecule has 0 bridgehead atoms. The Kier molecular flexibility index (Phi) is 38.7. The van der Waals surface area contributed by atoms with Crippen LogP contribution in [0.4, 0.5) is 0 Å². The average molecular weight is 692 g/mol. The maximum Gasteiger partial charge on any atom is 0.220 e. The van der Waals surface area contributed by atoms with Crippen LogP contribution >= 0.6 is 0 Å². The lowest BCUT2D eigenvalue weighted by atomic mass is 10.0. The Morgan fingerprint density at radius 2 is 0.816 bits per heavy atom. The van der Waals surface area contributed by atoms with E-state index in [0.29, 0.717) is 12.8 Å². The topological polar surface area (TPSA) is 89.8 Å². The van der Waals surface area contributed by atoms with Crippen molar-refractivity contribution in [1.29, 1.82) is 0 Å². The van der Waals surface area contributed by atoms with Gasteiger partial charge in [-0.15, -0.1) is 0 Å². The summed E-state index contributed by atoms with van der Waals surface area (Å²) in [4.78, 5) is 12.4. The van der Waals surface area contributed by atoms with Crippen LogP contribution in [0.15, 0.2) is 24.3 Å². The van der Waals surface area contributed by atoms with Crippen molar-refractivity contribution in [2.75, 3.05) is 6.61 Å². The van der Waals surface area contributed by atoms with Gasteiger partial charge in [0, 0.05) is 6.42 Å². The minimum absolute atomic E-state index is 0.158. The Hall–Kier alpha value is -1.17. The van der Waals surface area contributed by atoms with Crippen LogP contribution < -0.4 is 5.32 Å². The predicted molar refractivity (Wildman–Crippen MR) is 213 cm³/mol. The second-order valence-corrected chi connectivity index (χ2v) is 14.9. The first-order chi connectivity index (χ1) is 24.1. The summed E-state index contributed by atoms with van der Waals surface area (Å²) in [5, 5.41) is 33.5. The fourth-order valence-corrected chi connectivity index (χ4v) is 6.63. The molecule has 49 heavy (non-hydrogen) atoms. The van der Waals surface area contributed by atoms with Gasteiger partial charge < -0.3 is 20.6 Å². The first-order valence-corrected chi connectivity index (χ1v) is 21.6. The van der Waals surface area contributed by atoms with Crippen molar-refractivity contribution in [3.8, 4) is 0 Å². The van der Waals surface area contributed by atoms with Crippen LogP contribution in [0.3, 0.4) is 0 Å². The lowest BCUT2D eigenvalue weighted by molar-refractivity contribution is -0.124. The molecule has 3 atom stereocenters. The Balaban J connectivity index is 3.67. The lowest BCUT2D eigenvalue weighted by Gasteiger charge is -2.26. The minimum Gasteiger partial charge on any atom is -0.394 e. The molecule has 5 heteroatoms. The van der Waals surface area contributed by atoms with Crippen LogP contribution in [-0.4, -0.2) is 46.1 Å². The molecule has 0 aliphatic carbocycles. The highest BCUT2D eigenvalue weighted by Gasteiger charge is 2.26.